The fourth-order valence-electron chi connectivity index (χ4n) is 1.43. The summed E-state index contributed by atoms with van der Waals surface area (Å²) in [5.74, 6) is 1.36. The third-order valence-corrected chi connectivity index (χ3v) is 2.22. The number of benzene rings is 1. The van der Waals surface area contributed by atoms with Crippen molar-refractivity contribution in [2.24, 2.45) is 0 Å². The second-order valence-electron chi connectivity index (χ2n) is 3.48. The van der Waals surface area contributed by atoms with Gasteiger partial charge in [0.25, 0.3) is 0 Å². The molecular formula is C13H19O3. The SMILES string of the molecule is [CH2]C(CO)c1cc(OCC)cc(OCC)c1. The molecule has 1 aromatic rings. The second-order valence-corrected chi connectivity index (χ2v) is 3.48. The third kappa shape index (κ3) is 3.42. The largest absolute Gasteiger partial charge is 0.494 e. The summed E-state index contributed by atoms with van der Waals surface area (Å²) < 4.78 is 10.9. The first-order chi connectivity index (χ1) is 7.71. The molecular weight excluding hydrogens is 204 g/mol. The van der Waals surface area contributed by atoms with Gasteiger partial charge in [-0.05, 0) is 38.5 Å². The lowest BCUT2D eigenvalue weighted by Crippen LogP contribution is -2.02. The number of rotatable bonds is 6. The summed E-state index contributed by atoms with van der Waals surface area (Å²) >= 11 is 0. The van der Waals surface area contributed by atoms with Crippen LogP contribution in [0.1, 0.15) is 25.3 Å². The Bertz CT molecular complexity index is 299. The molecule has 0 aliphatic rings. The summed E-state index contributed by atoms with van der Waals surface area (Å²) in [5.41, 5.74) is 0.928. The van der Waals surface area contributed by atoms with Crippen LogP contribution in [0.3, 0.4) is 0 Å². The number of ether oxygens (including phenoxy) is 2. The summed E-state index contributed by atoms with van der Waals surface area (Å²) in [6, 6.07) is 5.63. The molecule has 1 atom stereocenters. The average Bonchev–Trinajstić information content (AvgIpc) is 2.28. The Morgan fingerprint density at radius 3 is 2.00 bits per heavy atom. The molecule has 89 valence electrons. The van der Waals surface area contributed by atoms with Crippen LogP contribution < -0.4 is 9.47 Å². The van der Waals surface area contributed by atoms with Crippen LogP contribution in [-0.2, 0) is 0 Å². The Hall–Kier alpha value is -1.22. The smallest absolute Gasteiger partial charge is 0.123 e. The highest BCUT2D eigenvalue weighted by Crippen LogP contribution is 2.27. The van der Waals surface area contributed by atoms with Crippen LogP contribution in [0.15, 0.2) is 18.2 Å². The van der Waals surface area contributed by atoms with Crippen LogP contribution in [0.4, 0.5) is 0 Å². The van der Waals surface area contributed by atoms with Crippen LogP contribution in [-0.4, -0.2) is 24.9 Å². The molecule has 0 saturated heterocycles. The van der Waals surface area contributed by atoms with Crippen molar-refractivity contribution in [2.75, 3.05) is 19.8 Å². The molecule has 0 spiro atoms. The maximum atomic E-state index is 9.09. The zero-order chi connectivity index (χ0) is 12.0. The number of hydrogen-bond donors (Lipinski definition) is 1. The van der Waals surface area contributed by atoms with Crippen molar-refractivity contribution in [3.63, 3.8) is 0 Å². The predicted molar refractivity (Wildman–Crippen MR) is 64.0 cm³/mol. The van der Waals surface area contributed by atoms with E-state index in [2.05, 4.69) is 6.92 Å². The number of aliphatic hydroxyl groups excluding tert-OH is 1. The van der Waals surface area contributed by atoms with Crippen LogP contribution in [0, 0.1) is 6.92 Å². The van der Waals surface area contributed by atoms with Gasteiger partial charge in [0.05, 0.1) is 13.2 Å². The molecule has 1 N–H and O–H groups in total. The van der Waals surface area contributed by atoms with E-state index in [-0.39, 0.29) is 12.5 Å². The Labute approximate surface area is 97.0 Å². The first kappa shape index (κ1) is 12.8. The summed E-state index contributed by atoms with van der Waals surface area (Å²) in [6.45, 7) is 8.96. The third-order valence-electron chi connectivity index (χ3n) is 2.22. The molecule has 1 unspecified atom stereocenters. The highest BCUT2D eigenvalue weighted by molar-refractivity contribution is 5.40. The van der Waals surface area contributed by atoms with Gasteiger partial charge in [0.15, 0.2) is 0 Å². The lowest BCUT2D eigenvalue weighted by Gasteiger charge is -2.13. The Kier molecular flexibility index (Phi) is 5.12. The maximum absolute atomic E-state index is 9.09. The second kappa shape index (κ2) is 6.38. The Morgan fingerprint density at radius 2 is 1.62 bits per heavy atom. The molecule has 0 fully saturated rings. The molecule has 0 amide bonds. The fourth-order valence-corrected chi connectivity index (χ4v) is 1.43. The standard InChI is InChI=1S/C13H19O3/c1-4-15-12-6-11(10(3)9-14)7-13(8-12)16-5-2/h6-8,10,14H,3-5,9H2,1-2H3. The van der Waals surface area contributed by atoms with Gasteiger partial charge in [0, 0.05) is 18.6 Å². The summed E-state index contributed by atoms with van der Waals surface area (Å²) in [7, 11) is 0. The van der Waals surface area contributed by atoms with Crippen LogP contribution in [0.25, 0.3) is 0 Å². The molecule has 0 heterocycles. The molecule has 3 heteroatoms. The van der Waals surface area contributed by atoms with Crippen LogP contribution >= 0.6 is 0 Å². The van der Waals surface area contributed by atoms with E-state index in [0.29, 0.717) is 13.2 Å². The highest BCUT2D eigenvalue weighted by atomic mass is 16.5. The van der Waals surface area contributed by atoms with Gasteiger partial charge in [0.2, 0.25) is 0 Å². The molecule has 1 aromatic carbocycles. The van der Waals surface area contributed by atoms with E-state index >= 15 is 0 Å². The Balaban J connectivity index is 2.97. The van der Waals surface area contributed by atoms with E-state index in [4.69, 9.17) is 14.6 Å². The molecule has 1 radical (unpaired) electrons. The minimum absolute atomic E-state index is 0.0150. The van der Waals surface area contributed by atoms with Crippen LogP contribution in [0.5, 0.6) is 11.5 Å². The first-order valence-electron chi connectivity index (χ1n) is 5.55. The molecule has 1 rings (SSSR count). The molecule has 0 bridgehead atoms. The lowest BCUT2D eigenvalue weighted by atomic mass is 10.0. The molecule has 0 aromatic heterocycles. The lowest BCUT2D eigenvalue weighted by molar-refractivity contribution is 0.281. The van der Waals surface area contributed by atoms with Gasteiger partial charge in [0.1, 0.15) is 11.5 Å². The van der Waals surface area contributed by atoms with Gasteiger partial charge in [-0.1, -0.05) is 0 Å². The van der Waals surface area contributed by atoms with Crippen molar-refractivity contribution in [3.05, 3.63) is 30.7 Å². The minimum Gasteiger partial charge on any atom is -0.494 e. The normalized spacial score (nSPS) is 12.2. The first-order valence-corrected chi connectivity index (χ1v) is 5.55. The van der Waals surface area contributed by atoms with Crippen LogP contribution in [0.2, 0.25) is 0 Å². The molecule has 3 nitrogen and oxygen atoms in total. The zero-order valence-electron chi connectivity index (χ0n) is 9.90. The molecule has 0 aliphatic carbocycles. The van der Waals surface area contributed by atoms with E-state index in [1.54, 1.807) is 0 Å². The van der Waals surface area contributed by atoms with Crippen molar-refractivity contribution >= 4 is 0 Å². The monoisotopic (exact) mass is 223 g/mol. The zero-order valence-corrected chi connectivity index (χ0v) is 9.90. The van der Waals surface area contributed by atoms with Crippen molar-refractivity contribution < 1.29 is 14.6 Å². The number of aliphatic hydroxyl groups is 1. The van der Waals surface area contributed by atoms with E-state index in [1.807, 2.05) is 32.0 Å². The quantitative estimate of drug-likeness (QED) is 0.804. The fraction of sp³-hybridized carbons (Fsp3) is 0.462. The van der Waals surface area contributed by atoms with Gasteiger partial charge in [-0.3, -0.25) is 0 Å². The molecule has 16 heavy (non-hydrogen) atoms. The van der Waals surface area contributed by atoms with E-state index in [0.717, 1.165) is 17.1 Å². The van der Waals surface area contributed by atoms with E-state index in [1.165, 1.54) is 0 Å². The predicted octanol–water partition coefficient (Wildman–Crippen LogP) is 2.39. The average molecular weight is 223 g/mol. The van der Waals surface area contributed by atoms with E-state index in [9.17, 15) is 0 Å². The molecule has 0 aliphatic heterocycles. The topological polar surface area (TPSA) is 38.7 Å². The molecule has 0 saturated carbocycles. The highest BCUT2D eigenvalue weighted by Gasteiger charge is 2.08. The van der Waals surface area contributed by atoms with Gasteiger partial charge in [-0.15, -0.1) is 0 Å². The van der Waals surface area contributed by atoms with Crippen molar-refractivity contribution in [1.29, 1.82) is 0 Å². The van der Waals surface area contributed by atoms with Gasteiger partial charge in [-0.2, -0.15) is 0 Å². The maximum Gasteiger partial charge on any atom is 0.123 e. The van der Waals surface area contributed by atoms with Crippen molar-refractivity contribution in [1.82, 2.24) is 0 Å². The Morgan fingerprint density at radius 1 is 1.12 bits per heavy atom. The van der Waals surface area contributed by atoms with Gasteiger partial charge in [-0.25, -0.2) is 0 Å². The number of hydrogen-bond acceptors (Lipinski definition) is 3. The summed E-state index contributed by atoms with van der Waals surface area (Å²) in [4.78, 5) is 0. The van der Waals surface area contributed by atoms with Crippen molar-refractivity contribution in [3.8, 4) is 11.5 Å². The summed E-state index contributed by atoms with van der Waals surface area (Å²) in [5, 5.41) is 9.09. The summed E-state index contributed by atoms with van der Waals surface area (Å²) in [6.07, 6.45) is 0. The van der Waals surface area contributed by atoms with Crippen molar-refractivity contribution in [2.45, 2.75) is 19.8 Å². The van der Waals surface area contributed by atoms with Gasteiger partial charge >= 0.3 is 0 Å². The minimum atomic E-state index is -0.153. The van der Waals surface area contributed by atoms with Gasteiger partial charge < -0.3 is 14.6 Å². The van der Waals surface area contributed by atoms with E-state index < -0.39 is 0 Å².